The number of amides is 2. The van der Waals surface area contributed by atoms with Crippen LogP contribution in [-0.4, -0.2) is 57.1 Å². The Balaban J connectivity index is 1.67. The Labute approximate surface area is 137 Å². The van der Waals surface area contributed by atoms with Crippen LogP contribution < -0.4 is 0 Å². The molecule has 0 bridgehead atoms. The van der Waals surface area contributed by atoms with Gasteiger partial charge in [-0.15, -0.1) is 0 Å². The van der Waals surface area contributed by atoms with E-state index in [0.29, 0.717) is 6.42 Å². The number of nitrogens with zero attached hydrogens (tertiary/aromatic N) is 4. The molecule has 1 atom stereocenters. The minimum absolute atomic E-state index is 0.0893. The van der Waals surface area contributed by atoms with Crippen LogP contribution in [0.4, 0.5) is 0 Å². The summed E-state index contributed by atoms with van der Waals surface area (Å²) in [6.45, 7) is 6.56. The van der Waals surface area contributed by atoms with Crippen molar-refractivity contribution >= 4 is 11.8 Å². The molecule has 3 rings (SSSR count). The fourth-order valence-electron chi connectivity index (χ4n) is 3.70. The zero-order valence-corrected chi connectivity index (χ0v) is 14.1. The van der Waals surface area contributed by atoms with E-state index in [1.165, 1.54) is 0 Å². The molecule has 2 aliphatic heterocycles. The summed E-state index contributed by atoms with van der Waals surface area (Å²) < 4.78 is 2.01. The Morgan fingerprint density at radius 3 is 2.74 bits per heavy atom. The minimum atomic E-state index is 0.0893. The molecular formula is C17H26N4O2. The minimum Gasteiger partial charge on any atom is -0.336 e. The number of carbonyl (C=O) groups excluding carboxylic acids is 2. The van der Waals surface area contributed by atoms with E-state index in [9.17, 15) is 9.59 Å². The Kier molecular flexibility index (Phi) is 4.68. The second-order valence-electron chi connectivity index (χ2n) is 6.76. The molecule has 126 valence electrons. The molecule has 2 fully saturated rings. The van der Waals surface area contributed by atoms with Crippen molar-refractivity contribution in [2.24, 2.45) is 0 Å². The van der Waals surface area contributed by atoms with Gasteiger partial charge in [0.1, 0.15) is 0 Å². The highest BCUT2D eigenvalue weighted by atomic mass is 16.2. The van der Waals surface area contributed by atoms with E-state index in [4.69, 9.17) is 0 Å². The van der Waals surface area contributed by atoms with Crippen LogP contribution in [0.15, 0.2) is 6.07 Å². The van der Waals surface area contributed by atoms with Crippen LogP contribution in [0.2, 0.25) is 0 Å². The summed E-state index contributed by atoms with van der Waals surface area (Å²) >= 11 is 0. The number of aromatic nitrogens is 2. The van der Waals surface area contributed by atoms with E-state index < -0.39 is 0 Å². The van der Waals surface area contributed by atoms with Crippen molar-refractivity contribution < 1.29 is 9.59 Å². The molecule has 0 radical (unpaired) electrons. The molecule has 2 aliphatic rings. The van der Waals surface area contributed by atoms with Crippen LogP contribution >= 0.6 is 0 Å². The lowest BCUT2D eigenvalue weighted by atomic mass is 10.0. The van der Waals surface area contributed by atoms with Crippen LogP contribution in [0.3, 0.4) is 0 Å². The van der Waals surface area contributed by atoms with Gasteiger partial charge >= 0.3 is 0 Å². The maximum Gasteiger partial charge on any atom is 0.242 e. The Morgan fingerprint density at radius 2 is 2.09 bits per heavy atom. The maximum absolute atomic E-state index is 12.7. The monoisotopic (exact) mass is 318 g/mol. The summed E-state index contributed by atoms with van der Waals surface area (Å²) in [5.74, 6) is 0.205. The molecule has 6 nitrogen and oxygen atoms in total. The highest BCUT2D eigenvalue weighted by Crippen LogP contribution is 2.20. The number of piperidine rings is 1. The number of carbonyl (C=O) groups is 2. The molecule has 6 heteroatoms. The molecule has 0 aliphatic carbocycles. The molecule has 0 aromatic carbocycles. The van der Waals surface area contributed by atoms with Gasteiger partial charge in [-0.3, -0.25) is 14.3 Å². The standard InChI is InChI=1S/C17H26N4O2/c1-13-10-14(2)21(18-13)11-15-6-3-4-9-20(15)17(23)12-19-8-5-7-16(19)22/h10,15H,3-9,11-12H2,1-2H3/t15-/m1/s1. The predicted molar refractivity (Wildman–Crippen MR) is 86.9 cm³/mol. The lowest BCUT2D eigenvalue weighted by Gasteiger charge is -2.36. The van der Waals surface area contributed by atoms with Gasteiger partial charge in [-0.1, -0.05) is 0 Å². The van der Waals surface area contributed by atoms with Gasteiger partial charge in [-0.2, -0.15) is 5.10 Å². The molecule has 0 N–H and O–H groups in total. The smallest absolute Gasteiger partial charge is 0.242 e. The van der Waals surface area contributed by atoms with Gasteiger partial charge in [-0.25, -0.2) is 0 Å². The van der Waals surface area contributed by atoms with Crippen molar-refractivity contribution in [3.8, 4) is 0 Å². The molecule has 23 heavy (non-hydrogen) atoms. The zero-order chi connectivity index (χ0) is 16.4. The molecule has 0 unspecified atom stereocenters. The van der Waals surface area contributed by atoms with Gasteiger partial charge in [0, 0.05) is 25.2 Å². The largest absolute Gasteiger partial charge is 0.336 e. The lowest BCUT2D eigenvalue weighted by Crippen LogP contribution is -2.49. The van der Waals surface area contributed by atoms with E-state index >= 15 is 0 Å². The zero-order valence-electron chi connectivity index (χ0n) is 14.1. The summed E-state index contributed by atoms with van der Waals surface area (Å²) in [5.41, 5.74) is 2.15. The van der Waals surface area contributed by atoms with Crippen molar-refractivity contribution in [3.63, 3.8) is 0 Å². The normalized spacial score (nSPS) is 22.0. The van der Waals surface area contributed by atoms with E-state index in [0.717, 1.165) is 56.7 Å². The van der Waals surface area contributed by atoms with Gasteiger partial charge in [0.15, 0.2) is 0 Å². The van der Waals surface area contributed by atoms with Crippen molar-refractivity contribution in [1.82, 2.24) is 19.6 Å². The third-order valence-electron chi connectivity index (χ3n) is 4.93. The average Bonchev–Trinajstić information content (AvgIpc) is 3.05. The molecule has 1 aromatic heterocycles. The number of rotatable bonds is 4. The first-order valence-corrected chi connectivity index (χ1v) is 8.63. The average molecular weight is 318 g/mol. The Bertz CT molecular complexity index is 595. The van der Waals surface area contributed by atoms with E-state index in [1.807, 2.05) is 16.5 Å². The lowest BCUT2D eigenvalue weighted by molar-refractivity contribution is -0.141. The molecule has 0 spiro atoms. The number of likely N-dealkylation sites (tertiary alicyclic amines) is 2. The quantitative estimate of drug-likeness (QED) is 0.845. The summed E-state index contributed by atoms with van der Waals surface area (Å²) in [4.78, 5) is 28.1. The van der Waals surface area contributed by atoms with Crippen LogP contribution in [0.5, 0.6) is 0 Å². The summed E-state index contributed by atoms with van der Waals surface area (Å²) in [5, 5.41) is 4.53. The van der Waals surface area contributed by atoms with Crippen molar-refractivity contribution in [2.45, 2.75) is 58.5 Å². The number of aryl methyl sites for hydroxylation is 2. The van der Waals surface area contributed by atoms with Crippen LogP contribution in [0.25, 0.3) is 0 Å². The van der Waals surface area contributed by atoms with E-state index in [2.05, 4.69) is 18.1 Å². The molecule has 2 amide bonds. The first kappa shape index (κ1) is 16.0. The SMILES string of the molecule is Cc1cc(C)n(C[C@H]2CCCCN2C(=O)CN2CCCC2=O)n1. The Morgan fingerprint density at radius 1 is 1.26 bits per heavy atom. The second kappa shape index (κ2) is 6.72. The summed E-state index contributed by atoms with van der Waals surface area (Å²) in [7, 11) is 0. The number of hydrogen-bond donors (Lipinski definition) is 0. The van der Waals surface area contributed by atoms with E-state index in [-0.39, 0.29) is 24.4 Å². The van der Waals surface area contributed by atoms with Crippen molar-refractivity contribution in [1.29, 1.82) is 0 Å². The molecule has 2 saturated heterocycles. The summed E-state index contributed by atoms with van der Waals surface area (Å²) in [6.07, 6.45) is 4.67. The second-order valence-corrected chi connectivity index (χ2v) is 6.76. The first-order chi connectivity index (χ1) is 11.0. The third kappa shape index (κ3) is 3.57. The van der Waals surface area contributed by atoms with Gasteiger partial charge < -0.3 is 9.80 Å². The van der Waals surface area contributed by atoms with Crippen LogP contribution in [0.1, 0.15) is 43.5 Å². The molecular weight excluding hydrogens is 292 g/mol. The molecule has 1 aromatic rings. The Hall–Kier alpha value is -1.85. The highest BCUT2D eigenvalue weighted by molar-refractivity contribution is 5.86. The predicted octanol–water partition coefficient (Wildman–Crippen LogP) is 1.50. The fourth-order valence-corrected chi connectivity index (χ4v) is 3.70. The number of hydrogen-bond acceptors (Lipinski definition) is 3. The first-order valence-electron chi connectivity index (χ1n) is 8.63. The van der Waals surface area contributed by atoms with Gasteiger partial charge in [-0.05, 0) is 45.6 Å². The third-order valence-corrected chi connectivity index (χ3v) is 4.93. The highest BCUT2D eigenvalue weighted by Gasteiger charge is 2.30. The van der Waals surface area contributed by atoms with Gasteiger partial charge in [0.05, 0.1) is 24.8 Å². The summed E-state index contributed by atoms with van der Waals surface area (Å²) in [6, 6.07) is 2.25. The van der Waals surface area contributed by atoms with Gasteiger partial charge in [0.2, 0.25) is 11.8 Å². The topological polar surface area (TPSA) is 58.4 Å². The molecule has 3 heterocycles. The fraction of sp³-hybridized carbons (Fsp3) is 0.706. The van der Waals surface area contributed by atoms with Crippen LogP contribution in [0, 0.1) is 13.8 Å². The van der Waals surface area contributed by atoms with Crippen molar-refractivity contribution in [2.75, 3.05) is 19.6 Å². The maximum atomic E-state index is 12.7. The van der Waals surface area contributed by atoms with Crippen molar-refractivity contribution in [3.05, 3.63) is 17.5 Å². The van der Waals surface area contributed by atoms with Crippen LogP contribution in [-0.2, 0) is 16.1 Å². The van der Waals surface area contributed by atoms with Gasteiger partial charge in [0.25, 0.3) is 0 Å². The molecule has 0 saturated carbocycles. The van der Waals surface area contributed by atoms with E-state index in [1.54, 1.807) is 4.90 Å².